The lowest BCUT2D eigenvalue weighted by Crippen LogP contribution is -2.18. The lowest BCUT2D eigenvalue weighted by molar-refractivity contribution is 0.632. The van der Waals surface area contributed by atoms with Crippen molar-refractivity contribution in [2.24, 2.45) is 0 Å². The van der Waals surface area contributed by atoms with Crippen LogP contribution in [-0.2, 0) is 6.42 Å². The smallest absolute Gasteiger partial charge is 0.0372 e. The van der Waals surface area contributed by atoms with Gasteiger partial charge in [0.2, 0.25) is 0 Å². The molecule has 1 aromatic carbocycles. The van der Waals surface area contributed by atoms with Crippen LogP contribution in [0.1, 0.15) is 44.6 Å². The van der Waals surface area contributed by atoms with Gasteiger partial charge in [0.1, 0.15) is 0 Å². The molecule has 0 bridgehead atoms. The molecule has 2 rings (SSSR count). The highest BCUT2D eigenvalue weighted by Gasteiger charge is 2.06. The van der Waals surface area contributed by atoms with Gasteiger partial charge in [0, 0.05) is 18.8 Å². The monoisotopic (exact) mass is 243 g/mol. The number of unbranched alkanes of at least 4 members (excludes halogenated alkanes) is 4. The Balaban J connectivity index is 1.73. The van der Waals surface area contributed by atoms with Gasteiger partial charge in [-0.05, 0) is 30.5 Å². The van der Waals surface area contributed by atoms with Crippen molar-refractivity contribution in [3.05, 3.63) is 42.0 Å². The van der Waals surface area contributed by atoms with E-state index in [-0.39, 0.29) is 0 Å². The summed E-state index contributed by atoms with van der Waals surface area (Å²) in [6, 6.07) is 9.14. The Labute approximate surface area is 112 Å². The van der Waals surface area contributed by atoms with Gasteiger partial charge in [-0.2, -0.15) is 0 Å². The van der Waals surface area contributed by atoms with Crippen LogP contribution in [0.25, 0.3) is 0 Å². The molecule has 18 heavy (non-hydrogen) atoms. The minimum Gasteiger partial charge on any atom is -0.364 e. The summed E-state index contributed by atoms with van der Waals surface area (Å²) in [4.78, 5) is 2.39. The Morgan fingerprint density at radius 2 is 1.56 bits per heavy atom. The van der Waals surface area contributed by atoms with Crippen molar-refractivity contribution in [3.63, 3.8) is 0 Å². The SMILES string of the molecule is CCCCCCCc1ccc(N2CC=CC2)cc1. The summed E-state index contributed by atoms with van der Waals surface area (Å²) in [5.74, 6) is 0. The second kappa shape index (κ2) is 7.25. The molecule has 1 aliphatic rings. The predicted octanol–water partition coefficient (Wildman–Crippen LogP) is 4.58. The minimum atomic E-state index is 1.07. The van der Waals surface area contributed by atoms with Crippen LogP contribution in [0.3, 0.4) is 0 Å². The predicted molar refractivity (Wildman–Crippen MR) is 80.3 cm³/mol. The first-order valence-corrected chi connectivity index (χ1v) is 7.39. The maximum absolute atomic E-state index is 2.39. The van der Waals surface area contributed by atoms with E-state index < -0.39 is 0 Å². The van der Waals surface area contributed by atoms with Crippen LogP contribution in [-0.4, -0.2) is 13.1 Å². The summed E-state index contributed by atoms with van der Waals surface area (Å²) in [5, 5.41) is 0. The molecule has 0 atom stereocenters. The summed E-state index contributed by atoms with van der Waals surface area (Å²) in [6.07, 6.45) is 12.6. The highest BCUT2D eigenvalue weighted by atomic mass is 15.1. The molecule has 0 spiro atoms. The largest absolute Gasteiger partial charge is 0.364 e. The number of aryl methyl sites for hydroxylation is 1. The van der Waals surface area contributed by atoms with Gasteiger partial charge in [-0.15, -0.1) is 0 Å². The molecule has 0 aliphatic carbocycles. The van der Waals surface area contributed by atoms with Gasteiger partial charge in [-0.25, -0.2) is 0 Å². The average molecular weight is 243 g/mol. The molecule has 0 N–H and O–H groups in total. The topological polar surface area (TPSA) is 3.24 Å². The molecular weight excluding hydrogens is 218 g/mol. The molecule has 0 saturated heterocycles. The first-order valence-electron chi connectivity index (χ1n) is 7.39. The van der Waals surface area contributed by atoms with Gasteiger partial charge in [0.15, 0.2) is 0 Å². The third-order valence-electron chi connectivity index (χ3n) is 3.69. The van der Waals surface area contributed by atoms with Crippen molar-refractivity contribution in [2.75, 3.05) is 18.0 Å². The third kappa shape index (κ3) is 3.90. The van der Waals surface area contributed by atoms with Crippen LogP contribution < -0.4 is 4.90 Å². The average Bonchev–Trinajstić information content (AvgIpc) is 2.93. The first kappa shape index (κ1) is 13.2. The number of benzene rings is 1. The van der Waals surface area contributed by atoms with Gasteiger partial charge >= 0.3 is 0 Å². The van der Waals surface area contributed by atoms with Gasteiger partial charge < -0.3 is 4.90 Å². The summed E-state index contributed by atoms with van der Waals surface area (Å²) in [5.41, 5.74) is 2.84. The number of hydrogen-bond acceptors (Lipinski definition) is 1. The zero-order chi connectivity index (χ0) is 12.6. The van der Waals surface area contributed by atoms with Crippen LogP contribution in [0.2, 0.25) is 0 Å². The molecule has 0 aromatic heterocycles. The molecular formula is C17H25N. The summed E-state index contributed by atoms with van der Waals surface area (Å²) in [7, 11) is 0. The number of anilines is 1. The molecule has 1 heteroatoms. The first-order chi connectivity index (χ1) is 8.90. The lowest BCUT2D eigenvalue weighted by atomic mass is 10.1. The van der Waals surface area contributed by atoms with E-state index in [1.807, 2.05) is 0 Å². The third-order valence-corrected chi connectivity index (χ3v) is 3.69. The Morgan fingerprint density at radius 1 is 0.889 bits per heavy atom. The highest BCUT2D eigenvalue weighted by Crippen LogP contribution is 2.18. The van der Waals surface area contributed by atoms with E-state index >= 15 is 0 Å². The summed E-state index contributed by atoms with van der Waals surface area (Å²) < 4.78 is 0. The van der Waals surface area contributed by atoms with Crippen LogP contribution in [0.4, 0.5) is 5.69 Å². The fraction of sp³-hybridized carbons (Fsp3) is 0.529. The number of nitrogens with zero attached hydrogens (tertiary/aromatic N) is 1. The zero-order valence-corrected chi connectivity index (χ0v) is 11.6. The van der Waals surface area contributed by atoms with Crippen molar-refractivity contribution >= 4 is 5.69 Å². The van der Waals surface area contributed by atoms with Crippen molar-refractivity contribution in [2.45, 2.75) is 45.4 Å². The van der Waals surface area contributed by atoms with Crippen LogP contribution in [0, 0.1) is 0 Å². The van der Waals surface area contributed by atoms with E-state index in [0.29, 0.717) is 0 Å². The number of rotatable bonds is 7. The molecule has 0 saturated carbocycles. The fourth-order valence-electron chi connectivity index (χ4n) is 2.50. The molecule has 98 valence electrons. The molecule has 1 aliphatic heterocycles. The Morgan fingerprint density at radius 3 is 2.22 bits per heavy atom. The molecule has 0 fully saturated rings. The standard InChI is InChI=1S/C17H25N/c1-2-3-4-5-6-9-16-10-12-17(13-11-16)18-14-7-8-15-18/h7-8,10-13H,2-6,9,14-15H2,1H3. The van der Waals surface area contributed by atoms with E-state index in [1.165, 1.54) is 49.8 Å². The van der Waals surface area contributed by atoms with Crippen molar-refractivity contribution in [1.29, 1.82) is 0 Å². The van der Waals surface area contributed by atoms with Gasteiger partial charge in [0.05, 0.1) is 0 Å². The normalized spacial score (nSPS) is 14.4. The Hall–Kier alpha value is -1.24. The van der Waals surface area contributed by atoms with Gasteiger partial charge in [0.25, 0.3) is 0 Å². The fourth-order valence-corrected chi connectivity index (χ4v) is 2.50. The highest BCUT2D eigenvalue weighted by molar-refractivity contribution is 5.50. The quantitative estimate of drug-likeness (QED) is 0.500. The van der Waals surface area contributed by atoms with Crippen LogP contribution in [0.5, 0.6) is 0 Å². The Kier molecular flexibility index (Phi) is 5.32. The molecule has 1 heterocycles. The Bertz CT molecular complexity index is 356. The van der Waals surface area contributed by atoms with E-state index in [9.17, 15) is 0 Å². The van der Waals surface area contributed by atoms with Crippen LogP contribution in [0.15, 0.2) is 36.4 Å². The van der Waals surface area contributed by atoms with Crippen molar-refractivity contribution in [3.8, 4) is 0 Å². The van der Waals surface area contributed by atoms with Gasteiger partial charge in [-0.3, -0.25) is 0 Å². The lowest BCUT2D eigenvalue weighted by Gasteiger charge is -2.17. The molecule has 1 aromatic rings. The van der Waals surface area contributed by atoms with E-state index in [2.05, 4.69) is 48.2 Å². The van der Waals surface area contributed by atoms with Crippen LogP contribution >= 0.6 is 0 Å². The van der Waals surface area contributed by atoms with E-state index in [4.69, 9.17) is 0 Å². The van der Waals surface area contributed by atoms with Crippen molar-refractivity contribution < 1.29 is 0 Å². The molecule has 0 radical (unpaired) electrons. The molecule has 0 amide bonds. The second-order valence-electron chi connectivity index (χ2n) is 5.21. The number of hydrogen-bond donors (Lipinski definition) is 0. The zero-order valence-electron chi connectivity index (χ0n) is 11.6. The van der Waals surface area contributed by atoms with E-state index in [0.717, 1.165) is 13.1 Å². The van der Waals surface area contributed by atoms with Crippen molar-refractivity contribution in [1.82, 2.24) is 0 Å². The van der Waals surface area contributed by atoms with Gasteiger partial charge in [-0.1, -0.05) is 56.9 Å². The molecule has 0 unspecified atom stereocenters. The maximum Gasteiger partial charge on any atom is 0.0372 e. The second-order valence-corrected chi connectivity index (χ2v) is 5.21. The summed E-state index contributed by atoms with van der Waals surface area (Å²) in [6.45, 7) is 4.40. The molecule has 1 nitrogen and oxygen atoms in total. The summed E-state index contributed by atoms with van der Waals surface area (Å²) >= 11 is 0. The maximum atomic E-state index is 2.39. The van der Waals surface area contributed by atoms with E-state index in [1.54, 1.807) is 0 Å². The minimum absolute atomic E-state index is 1.07.